The maximum Gasteiger partial charge on any atom is 0.256 e. The van der Waals surface area contributed by atoms with Gasteiger partial charge >= 0.3 is 0 Å². The van der Waals surface area contributed by atoms with Crippen molar-refractivity contribution in [3.05, 3.63) is 29.8 Å². The average Bonchev–Trinajstić information content (AvgIpc) is 2.21. The molecule has 2 N–H and O–H groups in total. The Bertz CT molecular complexity index is 430. The second kappa shape index (κ2) is 3.83. The van der Waals surface area contributed by atoms with Crippen LogP contribution >= 0.6 is 0 Å². The van der Waals surface area contributed by atoms with Gasteiger partial charge < -0.3 is 10.4 Å². The molecule has 16 heavy (non-hydrogen) atoms. The highest BCUT2D eigenvalue weighted by Crippen LogP contribution is 2.33. The van der Waals surface area contributed by atoms with Crippen LogP contribution in [0.5, 0.6) is 0 Å². The fraction of sp³-hybridized carbons (Fsp3) is 0.364. The Kier molecular flexibility index (Phi) is 2.63. The normalized spacial score (nSPS) is 17.7. The number of nitrogens with one attached hydrogen (secondary N) is 1. The van der Waals surface area contributed by atoms with E-state index < -0.39 is 23.1 Å². The van der Waals surface area contributed by atoms with Gasteiger partial charge in [0.1, 0.15) is 5.60 Å². The summed E-state index contributed by atoms with van der Waals surface area (Å²) in [6.45, 7) is 0. The molecule has 3 nitrogen and oxygen atoms in total. The molecular formula is C11H11F2NO2. The second-order valence-electron chi connectivity index (χ2n) is 3.94. The van der Waals surface area contributed by atoms with Crippen LogP contribution in [0.15, 0.2) is 18.2 Å². The van der Waals surface area contributed by atoms with Gasteiger partial charge in [0.05, 0.1) is 5.69 Å². The Balaban J connectivity index is 2.15. The van der Waals surface area contributed by atoms with E-state index in [1.54, 1.807) is 0 Å². The lowest BCUT2D eigenvalue weighted by molar-refractivity contribution is -0.142. The molecule has 0 radical (unpaired) electrons. The molecular weight excluding hydrogens is 216 g/mol. The van der Waals surface area contributed by atoms with Crippen LogP contribution in [0.25, 0.3) is 0 Å². The molecule has 1 fully saturated rings. The molecule has 0 spiro atoms. The fourth-order valence-corrected chi connectivity index (χ4v) is 1.58. The Labute approximate surface area is 91.1 Å². The van der Waals surface area contributed by atoms with Crippen molar-refractivity contribution in [3.63, 3.8) is 0 Å². The van der Waals surface area contributed by atoms with Crippen molar-refractivity contribution in [2.75, 3.05) is 5.32 Å². The van der Waals surface area contributed by atoms with Crippen molar-refractivity contribution in [2.24, 2.45) is 0 Å². The molecule has 0 atom stereocenters. The lowest BCUT2D eigenvalue weighted by Crippen LogP contribution is -2.48. The van der Waals surface area contributed by atoms with Crippen LogP contribution in [-0.2, 0) is 4.79 Å². The van der Waals surface area contributed by atoms with E-state index in [1.165, 1.54) is 12.1 Å². The molecule has 0 bridgehead atoms. The first kappa shape index (κ1) is 11.0. The summed E-state index contributed by atoms with van der Waals surface area (Å²) in [6, 6.07) is 3.50. The van der Waals surface area contributed by atoms with Crippen molar-refractivity contribution >= 4 is 11.6 Å². The molecule has 0 aliphatic heterocycles. The molecule has 86 valence electrons. The van der Waals surface area contributed by atoms with Crippen LogP contribution in [0.3, 0.4) is 0 Å². The zero-order chi connectivity index (χ0) is 11.8. The van der Waals surface area contributed by atoms with Gasteiger partial charge in [0.25, 0.3) is 5.91 Å². The molecule has 0 unspecified atom stereocenters. The summed E-state index contributed by atoms with van der Waals surface area (Å²) in [7, 11) is 0. The van der Waals surface area contributed by atoms with Gasteiger partial charge in [-0.15, -0.1) is 0 Å². The predicted octanol–water partition coefficient (Wildman–Crippen LogP) is 1.82. The number of hydrogen-bond acceptors (Lipinski definition) is 2. The maximum atomic E-state index is 13.2. The minimum Gasteiger partial charge on any atom is -0.380 e. The zero-order valence-corrected chi connectivity index (χ0v) is 8.46. The van der Waals surface area contributed by atoms with E-state index in [2.05, 4.69) is 5.32 Å². The Morgan fingerprint density at radius 2 is 2.06 bits per heavy atom. The quantitative estimate of drug-likeness (QED) is 0.809. The minimum absolute atomic E-state index is 0.245. The summed E-state index contributed by atoms with van der Waals surface area (Å²) in [5.74, 6) is -2.82. The first-order valence-corrected chi connectivity index (χ1v) is 5.01. The lowest BCUT2D eigenvalue weighted by atomic mass is 9.79. The molecule has 5 heteroatoms. The van der Waals surface area contributed by atoms with Crippen molar-refractivity contribution in [1.82, 2.24) is 0 Å². The van der Waals surface area contributed by atoms with Crippen molar-refractivity contribution in [1.29, 1.82) is 0 Å². The molecule has 1 aromatic rings. The fourth-order valence-electron chi connectivity index (χ4n) is 1.58. The highest BCUT2D eigenvalue weighted by atomic mass is 19.2. The number of halogens is 2. The van der Waals surface area contributed by atoms with Gasteiger partial charge in [-0.3, -0.25) is 4.79 Å². The maximum absolute atomic E-state index is 13.2. The van der Waals surface area contributed by atoms with Crippen LogP contribution in [0.1, 0.15) is 19.3 Å². The topological polar surface area (TPSA) is 49.3 Å². The SMILES string of the molecule is O=C(Nc1cccc(F)c1F)C1(O)CCC1. The monoisotopic (exact) mass is 227 g/mol. The molecule has 0 aromatic heterocycles. The third kappa shape index (κ3) is 1.78. The molecule has 1 saturated carbocycles. The van der Waals surface area contributed by atoms with Gasteiger partial charge in [0.15, 0.2) is 11.6 Å². The molecule has 1 aliphatic carbocycles. The van der Waals surface area contributed by atoms with Crippen molar-refractivity contribution < 1.29 is 18.7 Å². The summed E-state index contributed by atoms with van der Waals surface area (Å²) in [4.78, 5) is 11.5. The Morgan fingerprint density at radius 3 is 2.62 bits per heavy atom. The summed E-state index contributed by atoms with van der Waals surface area (Å²) in [5.41, 5.74) is -1.66. The highest BCUT2D eigenvalue weighted by Gasteiger charge is 2.42. The third-order valence-corrected chi connectivity index (χ3v) is 2.80. The number of anilines is 1. The van der Waals surface area contributed by atoms with Gasteiger partial charge in [-0.05, 0) is 31.4 Å². The number of benzene rings is 1. The van der Waals surface area contributed by atoms with Gasteiger partial charge in [-0.25, -0.2) is 8.78 Å². The van der Waals surface area contributed by atoms with E-state index >= 15 is 0 Å². The highest BCUT2D eigenvalue weighted by molar-refractivity contribution is 5.97. The first-order valence-electron chi connectivity index (χ1n) is 5.01. The number of rotatable bonds is 2. The summed E-state index contributed by atoms with van der Waals surface area (Å²) in [6.07, 6.45) is 1.47. The number of carbonyl (C=O) groups is 1. The average molecular weight is 227 g/mol. The van der Waals surface area contributed by atoms with Gasteiger partial charge in [0.2, 0.25) is 0 Å². The van der Waals surface area contributed by atoms with Crippen LogP contribution in [0.2, 0.25) is 0 Å². The Morgan fingerprint density at radius 1 is 1.38 bits per heavy atom. The van der Waals surface area contributed by atoms with Crippen LogP contribution in [0.4, 0.5) is 14.5 Å². The van der Waals surface area contributed by atoms with Gasteiger partial charge in [0, 0.05) is 0 Å². The van der Waals surface area contributed by atoms with E-state index in [1.807, 2.05) is 0 Å². The van der Waals surface area contributed by atoms with E-state index in [0.29, 0.717) is 12.8 Å². The molecule has 1 amide bonds. The second-order valence-corrected chi connectivity index (χ2v) is 3.94. The molecule has 1 aliphatic rings. The number of amides is 1. The van der Waals surface area contributed by atoms with Gasteiger partial charge in [-0.2, -0.15) is 0 Å². The van der Waals surface area contributed by atoms with Crippen molar-refractivity contribution in [3.8, 4) is 0 Å². The largest absolute Gasteiger partial charge is 0.380 e. The zero-order valence-electron chi connectivity index (χ0n) is 8.46. The molecule has 0 heterocycles. The van der Waals surface area contributed by atoms with Crippen LogP contribution < -0.4 is 5.32 Å². The molecule has 1 aromatic carbocycles. The van der Waals surface area contributed by atoms with E-state index in [-0.39, 0.29) is 5.69 Å². The number of carbonyl (C=O) groups excluding carboxylic acids is 1. The molecule has 2 rings (SSSR count). The summed E-state index contributed by atoms with van der Waals surface area (Å²) < 4.78 is 26.0. The van der Waals surface area contributed by atoms with Crippen LogP contribution in [0, 0.1) is 11.6 Å². The summed E-state index contributed by atoms with van der Waals surface area (Å²) >= 11 is 0. The van der Waals surface area contributed by atoms with Crippen LogP contribution in [-0.4, -0.2) is 16.6 Å². The van der Waals surface area contributed by atoms with Gasteiger partial charge in [-0.1, -0.05) is 6.07 Å². The first-order chi connectivity index (χ1) is 7.53. The standard InChI is InChI=1S/C11H11F2NO2/c12-7-3-1-4-8(9(7)13)14-10(15)11(16)5-2-6-11/h1,3-4,16H,2,5-6H2,(H,14,15). The predicted molar refractivity (Wildman–Crippen MR) is 53.8 cm³/mol. The third-order valence-electron chi connectivity index (χ3n) is 2.80. The summed E-state index contributed by atoms with van der Waals surface area (Å²) in [5, 5.41) is 11.9. The smallest absolute Gasteiger partial charge is 0.256 e. The van der Waals surface area contributed by atoms with E-state index in [0.717, 1.165) is 12.5 Å². The number of aliphatic hydroxyl groups is 1. The van der Waals surface area contributed by atoms with E-state index in [4.69, 9.17) is 0 Å². The molecule has 0 saturated heterocycles. The lowest BCUT2D eigenvalue weighted by Gasteiger charge is -2.34. The van der Waals surface area contributed by atoms with E-state index in [9.17, 15) is 18.7 Å². The minimum atomic E-state index is -1.42. The Hall–Kier alpha value is -1.49. The number of hydrogen-bond donors (Lipinski definition) is 2. The van der Waals surface area contributed by atoms with Crippen molar-refractivity contribution in [2.45, 2.75) is 24.9 Å².